The van der Waals surface area contributed by atoms with Crippen molar-refractivity contribution >= 4 is 29.9 Å². The molecule has 6 nitrogen and oxygen atoms in total. The molecule has 0 bridgehead atoms. The highest BCUT2D eigenvalue weighted by atomic mass is 127. The normalized spacial score (nSPS) is 10.9. The molecule has 2 rings (SSSR count). The van der Waals surface area contributed by atoms with Gasteiger partial charge >= 0.3 is 0 Å². The Labute approximate surface area is 160 Å². The van der Waals surface area contributed by atoms with Gasteiger partial charge < -0.3 is 19.9 Å². The second kappa shape index (κ2) is 10.9. The van der Waals surface area contributed by atoms with Crippen LogP contribution in [0.4, 0.5) is 0 Å². The second-order valence-corrected chi connectivity index (χ2v) is 5.03. The van der Waals surface area contributed by atoms with E-state index in [9.17, 15) is 0 Å². The van der Waals surface area contributed by atoms with E-state index in [2.05, 4.69) is 27.7 Å². The van der Waals surface area contributed by atoms with Crippen molar-refractivity contribution < 1.29 is 9.26 Å². The molecule has 2 N–H and O–H groups in total. The number of nitrogens with zero attached hydrogens (tertiary/aromatic N) is 2. The minimum atomic E-state index is 0. The number of rotatable bonds is 7. The number of ether oxygens (including phenoxy) is 1. The third-order valence-corrected chi connectivity index (χ3v) is 3.32. The van der Waals surface area contributed by atoms with Crippen LogP contribution in [0.3, 0.4) is 0 Å². The van der Waals surface area contributed by atoms with E-state index in [1.54, 1.807) is 7.11 Å². The van der Waals surface area contributed by atoms with E-state index in [-0.39, 0.29) is 24.0 Å². The van der Waals surface area contributed by atoms with Crippen molar-refractivity contribution in [2.24, 2.45) is 4.99 Å². The molecular formula is C17H25IN4O2. The van der Waals surface area contributed by atoms with E-state index in [1.165, 1.54) is 0 Å². The SMILES string of the molecule is CCNC(=NCc1ccc(OC)cc1)NCc1cc(CC)no1.I. The zero-order valence-electron chi connectivity index (χ0n) is 14.3. The van der Waals surface area contributed by atoms with Crippen LogP contribution in [0.15, 0.2) is 39.8 Å². The van der Waals surface area contributed by atoms with Crippen molar-refractivity contribution in [1.29, 1.82) is 0 Å². The van der Waals surface area contributed by atoms with E-state index >= 15 is 0 Å². The summed E-state index contributed by atoms with van der Waals surface area (Å²) >= 11 is 0. The highest BCUT2D eigenvalue weighted by Crippen LogP contribution is 2.11. The van der Waals surface area contributed by atoms with E-state index in [0.29, 0.717) is 13.1 Å². The predicted octanol–water partition coefficient (Wildman–Crippen LogP) is 3.12. The molecule has 0 radical (unpaired) electrons. The van der Waals surface area contributed by atoms with Crippen LogP contribution in [-0.4, -0.2) is 24.8 Å². The summed E-state index contributed by atoms with van der Waals surface area (Å²) in [5.41, 5.74) is 2.08. The Morgan fingerprint density at radius 2 is 1.96 bits per heavy atom. The average molecular weight is 444 g/mol. The molecule has 0 saturated carbocycles. The van der Waals surface area contributed by atoms with Crippen LogP contribution >= 0.6 is 24.0 Å². The summed E-state index contributed by atoms with van der Waals surface area (Å²) in [5.74, 6) is 2.40. The van der Waals surface area contributed by atoms with Gasteiger partial charge in [0.2, 0.25) is 0 Å². The summed E-state index contributed by atoms with van der Waals surface area (Å²) in [6, 6.07) is 9.85. The van der Waals surface area contributed by atoms with E-state index in [4.69, 9.17) is 9.26 Å². The molecule has 0 aliphatic heterocycles. The summed E-state index contributed by atoms with van der Waals surface area (Å²) in [6.45, 7) is 6.03. The molecule has 0 fully saturated rings. The average Bonchev–Trinajstić information content (AvgIpc) is 3.06. The van der Waals surface area contributed by atoms with Gasteiger partial charge in [-0.05, 0) is 31.0 Å². The van der Waals surface area contributed by atoms with Crippen molar-refractivity contribution in [3.8, 4) is 5.75 Å². The maximum atomic E-state index is 5.26. The highest BCUT2D eigenvalue weighted by molar-refractivity contribution is 14.0. The summed E-state index contributed by atoms with van der Waals surface area (Å²) in [4.78, 5) is 4.57. The maximum absolute atomic E-state index is 5.26. The summed E-state index contributed by atoms with van der Waals surface area (Å²) in [6.07, 6.45) is 0.870. The van der Waals surface area contributed by atoms with E-state index in [1.807, 2.05) is 37.3 Å². The molecule has 1 aromatic heterocycles. The molecule has 0 spiro atoms. The zero-order chi connectivity index (χ0) is 16.5. The second-order valence-electron chi connectivity index (χ2n) is 5.03. The molecule has 7 heteroatoms. The molecular weight excluding hydrogens is 419 g/mol. The molecule has 132 valence electrons. The molecule has 1 heterocycles. The lowest BCUT2D eigenvalue weighted by Crippen LogP contribution is -2.36. The van der Waals surface area contributed by atoms with Gasteiger partial charge in [0.05, 0.1) is 25.9 Å². The van der Waals surface area contributed by atoms with Gasteiger partial charge in [0, 0.05) is 12.6 Å². The molecule has 0 amide bonds. The largest absolute Gasteiger partial charge is 0.497 e. The number of guanidine groups is 1. The first-order valence-corrected chi connectivity index (χ1v) is 7.84. The number of hydrogen-bond donors (Lipinski definition) is 2. The maximum Gasteiger partial charge on any atom is 0.191 e. The summed E-state index contributed by atoms with van der Waals surface area (Å²) in [7, 11) is 1.66. The van der Waals surface area contributed by atoms with E-state index in [0.717, 1.165) is 41.7 Å². The fourth-order valence-corrected chi connectivity index (χ4v) is 2.02. The number of hydrogen-bond acceptors (Lipinski definition) is 4. The first kappa shape index (κ1) is 20.3. The zero-order valence-corrected chi connectivity index (χ0v) is 16.7. The monoisotopic (exact) mass is 444 g/mol. The Kier molecular flexibility index (Phi) is 9.21. The van der Waals surface area contributed by atoms with Crippen LogP contribution in [-0.2, 0) is 19.5 Å². The molecule has 24 heavy (non-hydrogen) atoms. The third kappa shape index (κ3) is 6.38. The Balaban J connectivity index is 0.00000288. The minimum Gasteiger partial charge on any atom is -0.497 e. The van der Waals surface area contributed by atoms with Gasteiger partial charge in [-0.15, -0.1) is 24.0 Å². The minimum absolute atomic E-state index is 0. The van der Waals surface area contributed by atoms with Crippen molar-refractivity contribution in [3.63, 3.8) is 0 Å². The van der Waals surface area contributed by atoms with Crippen molar-refractivity contribution in [1.82, 2.24) is 15.8 Å². The van der Waals surface area contributed by atoms with Crippen LogP contribution < -0.4 is 15.4 Å². The van der Waals surface area contributed by atoms with Gasteiger partial charge in [0.15, 0.2) is 11.7 Å². The summed E-state index contributed by atoms with van der Waals surface area (Å²) < 4.78 is 10.4. The van der Waals surface area contributed by atoms with Gasteiger partial charge in [-0.25, -0.2) is 4.99 Å². The van der Waals surface area contributed by atoms with Gasteiger partial charge in [0.1, 0.15) is 5.75 Å². The first-order valence-electron chi connectivity index (χ1n) is 7.84. The van der Waals surface area contributed by atoms with Crippen LogP contribution in [0.1, 0.15) is 30.9 Å². The Bertz CT molecular complexity index is 626. The number of benzene rings is 1. The molecule has 0 unspecified atom stereocenters. The van der Waals surface area contributed by atoms with Gasteiger partial charge in [-0.3, -0.25) is 0 Å². The fourth-order valence-electron chi connectivity index (χ4n) is 2.02. The molecule has 0 aliphatic carbocycles. The van der Waals surface area contributed by atoms with Crippen LogP contribution in [0.25, 0.3) is 0 Å². The number of aryl methyl sites for hydroxylation is 1. The lowest BCUT2D eigenvalue weighted by atomic mass is 10.2. The van der Waals surface area contributed by atoms with Gasteiger partial charge in [-0.1, -0.05) is 24.2 Å². The quantitative estimate of drug-likeness (QED) is 0.390. The van der Waals surface area contributed by atoms with Gasteiger partial charge in [-0.2, -0.15) is 0 Å². The molecule has 0 aliphatic rings. The number of aliphatic imine (C=N–C) groups is 1. The molecule has 2 aromatic rings. The third-order valence-electron chi connectivity index (χ3n) is 3.32. The van der Waals surface area contributed by atoms with E-state index < -0.39 is 0 Å². The Morgan fingerprint density at radius 1 is 1.21 bits per heavy atom. The standard InChI is InChI=1S/C17H24N4O2.HI/c1-4-14-10-16(23-21-14)12-20-17(18-5-2)19-11-13-6-8-15(22-3)9-7-13;/h6-10H,4-5,11-12H2,1-3H3,(H2,18,19,20);1H. The van der Waals surface area contributed by atoms with Crippen LogP contribution in [0.2, 0.25) is 0 Å². The Morgan fingerprint density at radius 3 is 2.54 bits per heavy atom. The van der Waals surface area contributed by atoms with Crippen LogP contribution in [0.5, 0.6) is 5.75 Å². The predicted molar refractivity (Wildman–Crippen MR) is 106 cm³/mol. The topological polar surface area (TPSA) is 71.7 Å². The summed E-state index contributed by atoms with van der Waals surface area (Å²) in [5, 5.41) is 10.4. The first-order chi connectivity index (χ1) is 11.2. The van der Waals surface area contributed by atoms with Gasteiger partial charge in [0.25, 0.3) is 0 Å². The lowest BCUT2D eigenvalue weighted by Gasteiger charge is -2.10. The van der Waals surface area contributed by atoms with Crippen molar-refractivity contribution in [2.75, 3.05) is 13.7 Å². The number of aromatic nitrogens is 1. The van der Waals surface area contributed by atoms with Crippen LogP contribution in [0, 0.1) is 0 Å². The Hall–Kier alpha value is -1.77. The lowest BCUT2D eigenvalue weighted by molar-refractivity contribution is 0.374. The number of nitrogens with one attached hydrogen (secondary N) is 2. The molecule has 0 atom stereocenters. The van der Waals surface area contributed by atoms with Crippen molar-refractivity contribution in [2.45, 2.75) is 33.4 Å². The number of methoxy groups -OCH3 is 1. The smallest absolute Gasteiger partial charge is 0.191 e. The number of halogens is 1. The van der Waals surface area contributed by atoms with Crippen molar-refractivity contribution in [3.05, 3.63) is 47.3 Å². The molecule has 0 saturated heterocycles. The fraction of sp³-hybridized carbons (Fsp3) is 0.412. The highest BCUT2D eigenvalue weighted by Gasteiger charge is 2.04. The molecule has 1 aromatic carbocycles.